The number of hydrogen-bond donors (Lipinski definition) is 0. The SMILES string of the molecule is CCN1CC2=C(C1=O)[C@@H](c1ccc(C#N)cc1)N(CCC[N+]1(CCCN3C(=O)N(c4cccc(C(F)(F)F)c4)C4=C(C(=O)N(CC)C4)[C@H]3c3ccc(C#N)cc3)CCCC1)C(=O)N2c1cccc(C(F)(F)F)c1. The van der Waals surface area contributed by atoms with Crippen molar-refractivity contribution in [2.45, 2.75) is 64.0 Å². The van der Waals surface area contributed by atoms with Gasteiger partial charge in [-0.15, -0.1) is 0 Å². The Hall–Kier alpha value is -7.64. The fourth-order valence-corrected chi connectivity index (χ4v) is 11.2. The third-order valence-electron chi connectivity index (χ3n) is 14.8. The number of anilines is 2. The number of hydrogen-bond acceptors (Lipinski definition) is 6. The van der Waals surface area contributed by atoms with Crippen LogP contribution in [0.3, 0.4) is 0 Å². The highest BCUT2D eigenvalue weighted by Gasteiger charge is 2.51. The number of carbonyl (C=O) groups is 4. The van der Waals surface area contributed by atoms with E-state index in [-0.39, 0.29) is 85.0 Å². The minimum Gasteiger partial charge on any atom is -0.333 e. The molecule has 5 aliphatic rings. The molecule has 73 heavy (non-hydrogen) atoms. The maximum absolute atomic E-state index is 15.1. The molecular formula is C54H52F6N9O4+. The maximum Gasteiger partial charge on any atom is 0.416 e. The average molecular weight is 1010 g/mol. The van der Waals surface area contributed by atoms with E-state index < -0.39 is 47.6 Å². The van der Waals surface area contributed by atoms with Crippen LogP contribution in [0.2, 0.25) is 0 Å². The molecular weight excluding hydrogens is 953 g/mol. The first-order chi connectivity index (χ1) is 34.9. The van der Waals surface area contributed by atoms with Gasteiger partial charge in [-0.25, -0.2) is 9.59 Å². The van der Waals surface area contributed by atoms with Crippen LogP contribution in [0.5, 0.6) is 0 Å². The molecule has 1 saturated heterocycles. The first-order valence-corrected chi connectivity index (χ1v) is 24.4. The van der Waals surface area contributed by atoms with Crippen molar-refractivity contribution >= 4 is 35.3 Å². The van der Waals surface area contributed by atoms with Crippen molar-refractivity contribution < 1.29 is 50.0 Å². The van der Waals surface area contributed by atoms with Crippen LogP contribution in [0.4, 0.5) is 47.3 Å². The summed E-state index contributed by atoms with van der Waals surface area (Å²) < 4.78 is 85.3. The van der Waals surface area contributed by atoms with Crippen LogP contribution in [0.15, 0.2) is 120 Å². The summed E-state index contributed by atoms with van der Waals surface area (Å²) >= 11 is 0. The third kappa shape index (κ3) is 9.38. The fraction of sp³-hybridized carbons (Fsp3) is 0.370. The minimum atomic E-state index is -4.70. The predicted octanol–water partition coefficient (Wildman–Crippen LogP) is 9.76. The molecule has 5 heterocycles. The predicted molar refractivity (Wildman–Crippen MR) is 257 cm³/mol. The molecule has 9 rings (SSSR count). The number of likely N-dealkylation sites (N-methyl/N-ethyl adjacent to an activating group) is 2. The molecule has 0 N–H and O–H groups in total. The molecule has 1 fully saturated rings. The van der Waals surface area contributed by atoms with Gasteiger partial charge in [-0.1, -0.05) is 36.4 Å². The second kappa shape index (κ2) is 19.8. The smallest absolute Gasteiger partial charge is 0.333 e. The van der Waals surface area contributed by atoms with Crippen LogP contribution in [-0.2, 0) is 21.9 Å². The number of carbonyl (C=O) groups excluding carboxylic acids is 4. The van der Waals surface area contributed by atoms with Crippen molar-refractivity contribution in [2.75, 3.05) is 75.2 Å². The normalized spacial score (nSPS) is 20.1. The largest absolute Gasteiger partial charge is 0.416 e. The van der Waals surface area contributed by atoms with Gasteiger partial charge in [0.05, 0.1) is 120 Å². The molecule has 0 bridgehead atoms. The zero-order chi connectivity index (χ0) is 52.0. The van der Waals surface area contributed by atoms with E-state index in [1.54, 1.807) is 72.2 Å². The summed E-state index contributed by atoms with van der Waals surface area (Å²) in [5, 5.41) is 19.2. The number of quaternary nitrogens is 1. The highest BCUT2D eigenvalue weighted by atomic mass is 19.4. The first kappa shape index (κ1) is 50.3. The molecule has 6 amide bonds. The molecule has 0 saturated carbocycles. The van der Waals surface area contributed by atoms with Crippen molar-refractivity contribution in [1.29, 1.82) is 10.5 Å². The van der Waals surface area contributed by atoms with Crippen LogP contribution in [0.1, 0.15) is 85.0 Å². The molecule has 0 unspecified atom stereocenters. The van der Waals surface area contributed by atoms with E-state index in [2.05, 4.69) is 12.1 Å². The van der Waals surface area contributed by atoms with E-state index in [1.165, 1.54) is 43.9 Å². The molecule has 4 aromatic carbocycles. The van der Waals surface area contributed by atoms with Crippen LogP contribution < -0.4 is 9.80 Å². The van der Waals surface area contributed by atoms with Gasteiger partial charge < -0.3 is 24.1 Å². The van der Waals surface area contributed by atoms with Gasteiger partial charge in [0, 0.05) is 51.9 Å². The van der Waals surface area contributed by atoms with Crippen LogP contribution in [0.25, 0.3) is 0 Å². The van der Waals surface area contributed by atoms with E-state index in [1.807, 2.05) is 0 Å². The summed E-state index contributed by atoms with van der Waals surface area (Å²) in [6.45, 7) is 6.91. The Bertz CT molecular complexity index is 2790. The van der Waals surface area contributed by atoms with Gasteiger partial charge in [-0.05, 0) is 85.6 Å². The van der Waals surface area contributed by atoms with Crippen molar-refractivity contribution in [3.63, 3.8) is 0 Å². The number of amides is 6. The third-order valence-corrected chi connectivity index (χ3v) is 14.8. The lowest BCUT2D eigenvalue weighted by Crippen LogP contribution is -2.53. The van der Waals surface area contributed by atoms with Gasteiger partial charge in [-0.2, -0.15) is 36.9 Å². The lowest BCUT2D eigenvalue weighted by molar-refractivity contribution is -0.917. The highest BCUT2D eigenvalue weighted by Crippen LogP contribution is 2.47. The number of urea groups is 2. The van der Waals surface area contributed by atoms with Crippen molar-refractivity contribution in [3.05, 3.63) is 153 Å². The summed E-state index contributed by atoms with van der Waals surface area (Å²) in [6, 6.07) is 23.2. The standard InChI is InChI=1S/C54H52F6N9O4/c1-3-63-33-43-45(49(63)70)47(37-19-15-35(31-61)16-20-37)65(51(72)67(43)41-13-7-11-39(29-41)53(55,56)57)23-9-27-69(25-5-6-26-69)28-10-24-66-48(38-21-17-36(32-62)18-22-38)46-44(34-64(4-2)50(46)71)68(52(66)73)42-14-8-12-40(30-42)54(58,59)60/h7-8,11-22,29-30,47-48H,3-6,9-10,23-28,33-34H2,1-2H3/q+1/t47-,48-/m1/s1. The van der Waals surface area contributed by atoms with Gasteiger partial charge in [0.2, 0.25) is 0 Å². The Morgan fingerprint density at radius 1 is 0.575 bits per heavy atom. The molecule has 378 valence electrons. The van der Waals surface area contributed by atoms with Gasteiger partial charge in [-0.3, -0.25) is 19.4 Å². The summed E-state index contributed by atoms with van der Waals surface area (Å²) in [5.74, 6) is -0.709. The first-order valence-electron chi connectivity index (χ1n) is 24.4. The number of nitrogens with zero attached hydrogens (tertiary/aromatic N) is 9. The van der Waals surface area contributed by atoms with Crippen molar-refractivity contribution in [3.8, 4) is 12.1 Å². The van der Waals surface area contributed by atoms with Gasteiger partial charge in [0.15, 0.2) is 0 Å². The monoisotopic (exact) mass is 1000 g/mol. The molecule has 4 aromatic rings. The summed E-state index contributed by atoms with van der Waals surface area (Å²) in [5.41, 5.74) is 0.952. The molecule has 2 atom stereocenters. The average Bonchev–Trinajstić information content (AvgIpc) is 4.08. The lowest BCUT2D eigenvalue weighted by atomic mass is 9.92. The number of alkyl halides is 6. The van der Waals surface area contributed by atoms with E-state index >= 15 is 9.59 Å². The second-order valence-corrected chi connectivity index (χ2v) is 19.0. The number of halogens is 6. The summed E-state index contributed by atoms with van der Waals surface area (Å²) in [4.78, 5) is 67.3. The zero-order valence-electron chi connectivity index (χ0n) is 40.2. The van der Waals surface area contributed by atoms with Crippen LogP contribution in [0, 0.1) is 22.7 Å². The fourth-order valence-electron chi connectivity index (χ4n) is 11.2. The lowest BCUT2D eigenvalue weighted by Gasteiger charge is -2.43. The highest BCUT2D eigenvalue weighted by molar-refractivity contribution is 6.08. The van der Waals surface area contributed by atoms with Crippen molar-refractivity contribution in [1.82, 2.24) is 19.6 Å². The quantitative estimate of drug-likeness (QED) is 0.0912. The molecule has 19 heteroatoms. The minimum absolute atomic E-state index is 0.000146. The Kier molecular flexibility index (Phi) is 13.6. The van der Waals surface area contributed by atoms with Gasteiger partial charge in [0.25, 0.3) is 11.8 Å². The van der Waals surface area contributed by atoms with E-state index in [4.69, 9.17) is 0 Å². The molecule has 0 radical (unpaired) electrons. The Morgan fingerprint density at radius 2 is 0.959 bits per heavy atom. The van der Waals surface area contributed by atoms with Gasteiger partial charge >= 0.3 is 24.4 Å². The number of benzene rings is 4. The molecule has 5 aliphatic heterocycles. The van der Waals surface area contributed by atoms with E-state index in [9.17, 15) is 46.5 Å². The number of nitriles is 2. The summed E-state index contributed by atoms with van der Waals surface area (Å²) in [7, 11) is 0. The Balaban J connectivity index is 1.02. The Morgan fingerprint density at radius 3 is 1.30 bits per heavy atom. The topological polar surface area (TPSA) is 135 Å². The van der Waals surface area contributed by atoms with E-state index in [0.29, 0.717) is 52.7 Å². The Labute approximate surface area is 418 Å². The van der Waals surface area contributed by atoms with Gasteiger partial charge in [0.1, 0.15) is 0 Å². The molecule has 13 nitrogen and oxygen atoms in total. The van der Waals surface area contributed by atoms with Crippen molar-refractivity contribution in [2.24, 2.45) is 0 Å². The van der Waals surface area contributed by atoms with Crippen LogP contribution in [-0.4, -0.2) is 113 Å². The number of rotatable bonds is 14. The molecule has 0 spiro atoms. The van der Waals surface area contributed by atoms with Crippen LogP contribution >= 0.6 is 0 Å². The molecule has 0 aliphatic carbocycles. The summed E-state index contributed by atoms with van der Waals surface area (Å²) in [6.07, 6.45) is -6.84. The maximum atomic E-state index is 15.1. The van der Waals surface area contributed by atoms with E-state index in [0.717, 1.165) is 50.2 Å². The molecule has 0 aromatic heterocycles. The zero-order valence-corrected chi connectivity index (χ0v) is 40.2. The number of likely N-dealkylation sites (tertiary alicyclic amines) is 1. The second-order valence-electron chi connectivity index (χ2n) is 19.0.